The fourth-order valence-corrected chi connectivity index (χ4v) is 2.28. The van der Waals surface area contributed by atoms with Gasteiger partial charge in [-0.15, -0.1) is 0 Å². The first-order chi connectivity index (χ1) is 11.8. The van der Waals surface area contributed by atoms with Crippen LogP contribution in [0, 0.1) is 11.3 Å². The Kier molecular flexibility index (Phi) is 4.83. The minimum atomic E-state index is 0.640. The van der Waals surface area contributed by atoms with E-state index < -0.39 is 0 Å². The number of aromatic nitrogens is 2. The Bertz CT molecular complexity index is 832. The second-order valence-corrected chi connectivity index (χ2v) is 5.36. The van der Waals surface area contributed by atoms with E-state index in [1.54, 1.807) is 24.5 Å². The largest absolute Gasteiger partial charge is 0.494 e. The van der Waals surface area contributed by atoms with Gasteiger partial charge in [-0.2, -0.15) is 5.26 Å². The molecule has 0 saturated heterocycles. The fourth-order valence-electron chi connectivity index (χ4n) is 2.28. The van der Waals surface area contributed by atoms with Crippen LogP contribution in [0.3, 0.4) is 0 Å². The molecular weight excluding hydrogens is 298 g/mol. The number of benzene rings is 2. The molecule has 2 aromatic carbocycles. The van der Waals surface area contributed by atoms with Crippen molar-refractivity contribution in [3.63, 3.8) is 0 Å². The quantitative estimate of drug-likeness (QED) is 0.697. The molecular formula is C20H17N3O. The van der Waals surface area contributed by atoms with Crippen LogP contribution in [0.2, 0.25) is 0 Å². The predicted octanol–water partition coefficient (Wildman–Crippen LogP) is 4.47. The van der Waals surface area contributed by atoms with Crippen molar-refractivity contribution in [1.82, 2.24) is 9.97 Å². The molecule has 24 heavy (non-hydrogen) atoms. The third-order valence-corrected chi connectivity index (χ3v) is 3.58. The van der Waals surface area contributed by atoms with E-state index in [1.807, 2.05) is 36.4 Å². The smallest absolute Gasteiger partial charge is 0.159 e. The molecule has 0 atom stereocenters. The summed E-state index contributed by atoms with van der Waals surface area (Å²) in [7, 11) is 0. The zero-order chi connectivity index (χ0) is 16.8. The van der Waals surface area contributed by atoms with Gasteiger partial charge in [-0.05, 0) is 48.4 Å². The van der Waals surface area contributed by atoms with E-state index >= 15 is 0 Å². The van der Waals surface area contributed by atoms with E-state index in [-0.39, 0.29) is 0 Å². The number of nitriles is 1. The maximum Gasteiger partial charge on any atom is 0.159 e. The van der Waals surface area contributed by atoms with E-state index in [0.717, 1.165) is 35.5 Å². The molecule has 4 nitrogen and oxygen atoms in total. The van der Waals surface area contributed by atoms with Crippen molar-refractivity contribution in [2.45, 2.75) is 13.3 Å². The summed E-state index contributed by atoms with van der Waals surface area (Å²) in [6.45, 7) is 2.80. The highest BCUT2D eigenvalue weighted by Gasteiger charge is 2.04. The van der Waals surface area contributed by atoms with Crippen LogP contribution in [0.25, 0.3) is 22.5 Å². The number of hydrogen-bond donors (Lipinski definition) is 0. The Balaban J connectivity index is 1.77. The molecule has 0 amide bonds. The van der Waals surface area contributed by atoms with Gasteiger partial charge in [0.1, 0.15) is 5.75 Å². The maximum atomic E-state index is 8.85. The average Bonchev–Trinajstić information content (AvgIpc) is 2.67. The number of nitrogens with zero attached hydrogens (tertiary/aromatic N) is 3. The number of ether oxygens (including phenoxy) is 1. The lowest BCUT2D eigenvalue weighted by Gasteiger charge is -2.06. The van der Waals surface area contributed by atoms with Gasteiger partial charge in [-0.3, -0.25) is 0 Å². The lowest BCUT2D eigenvalue weighted by atomic mass is 10.1. The fraction of sp³-hybridized carbons (Fsp3) is 0.150. The summed E-state index contributed by atoms with van der Waals surface area (Å²) in [5.74, 6) is 1.53. The molecule has 0 unspecified atom stereocenters. The molecule has 1 heterocycles. The summed E-state index contributed by atoms with van der Waals surface area (Å²) in [6, 6.07) is 17.3. The standard InChI is InChI=1S/C20H17N3O/c1-2-11-24-19-9-7-17(8-10-19)20-22-13-18(14-23-20)16-5-3-15(12-21)4-6-16/h3-10,13-14H,2,11H2,1H3. The van der Waals surface area contributed by atoms with Gasteiger partial charge >= 0.3 is 0 Å². The molecule has 0 aliphatic heterocycles. The van der Waals surface area contributed by atoms with Gasteiger partial charge in [0.25, 0.3) is 0 Å². The molecule has 118 valence electrons. The molecule has 0 aliphatic rings. The first-order valence-corrected chi connectivity index (χ1v) is 7.86. The molecule has 4 heteroatoms. The van der Waals surface area contributed by atoms with E-state index in [4.69, 9.17) is 10.00 Å². The van der Waals surface area contributed by atoms with Crippen LogP contribution in [-0.4, -0.2) is 16.6 Å². The summed E-state index contributed by atoms with van der Waals surface area (Å²) in [6.07, 6.45) is 4.58. The van der Waals surface area contributed by atoms with Crippen LogP contribution in [-0.2, 0) is 0 Å². The molecule has 0 aliphatic carbocycles. The van der Waals surface area contributed by atoms with E-state index in [9.17, 15) is 0 Å². The molecule has 0 fully saturated rings. The van der Waals surface area contributed by atoms with Gasteiger partial charge in [0.15, 0.2) is 5.82 Å². The van der Waals surface area contributed by atoms with Crippen LogP contribution in [0.4, 0.5) is 0 Å². The lowest BCUT2D eigenvalue weighted by Crippen LogP contribution is -1.95. The molecule has 3 aromatic rings. The molecule has 0 saturated carbocycles. The zero-order valence-electron chi connectivity index (χ0n) is 13.4. The summed E-state index contributed by atoms with van der Waals surface area (Å²) in [5, 5.41) is 8.85. The molecule has 0 bridgehead atoms. The van der Waals surface area contributed by atoms with Gasteiger partial charge in [-0.25, -0.2) is 9.97 Å². The van der Waals surface area contributed by atoms with Crippen molar-refractivity contribution < 1.29 is 4.74 Å². The summed E-state index contributed by atoms with van der Waals surface area (Å²) in [5.41, 5.74) is 3.50. The average molecular weight is 315 g/mol. The minimum Gasteiger partial charge on any atom is -0.494 e. The Morgan fingerprint density at radius 3 is 2.08 bits per heavy atom. The highest BCUT2D eigenvalue weighted by Crippen LogP contribution is 2.22. The van der Waals surface area contributed by atoms with Crippen molar-refractivity contribution in [2.24, 2.45) is 0 Å². The number of rotatable bonds is 5. The SMILES string of the molecule is CCCOc1ccc(-c2ncc(-c3ccc(C#N)cc3)cn2)cc1. The third-order valence-electron chi connectivity index (χ3n) is 3.58. The lowest BCUT2D eigenvalue weighted by molar-refractivity contribution is 0.317. The predicted molar refractivity (Wildman–Crippen MR) is 93.4 cm³/mol. The van der Waals surface area contributed by atoms with Crippen LogP contribution < -0.4 is 4.74 Å². The second-order valence-electron chi connectivity index (χ2n) is 5.36. The van der Waals surface area contributed by atoms with Crippen molar-refractivity contribution in [1.29, 1.82) is 5.26 Å². The molecule has 0 N–H and O–H groups in total. The highest BCUT2D eigenvalue weighted by atomic mass is 16.5. The van der Waals surface area contributed by atoms with Crippen LogP contribution in [0.5, 0.6) is 5.75 Å². The highest BCUT2D eigenvalue weighted by molar-refractivity contribution is 5.64. The van der Waals surface area contributed by atoms with E-state index in [2.05, 4.69) is 23.0 Å². The molecule has 0 spiro atoms. The summed E-state index contributed by atoms with van der Waals surface area (Å²) in [4.78, 5) is 8.89. The zero-order valence-corrected chi connectivity index (χ0v) is 13.4. The third kappa shape index (κ3) is 3.58. The van der Waals surface area contributed by atoms with Crippen molar-refractivity contribution in [3.8, 4) is 34.3 Å². The normalized spacial score (nSPS) is 10.2. The Hall–Kier alpha value is -3.19. The van der Waals surface area contributed by atoms with Gasteiger partial charge in [0.05, 0.1) is 18.2 Å². The van der Waals surface area contributed by atoms with Crippen molar-refractivity contribution >= 4 is 0 Å². The van der Waals surface area contributed by atoms with Crippen molar-refractivity contribution in [2.75, 3.05) is 6.61 Å². The first-order valence-electron chi connectivity index (χ1n) is 7.86. The van der Waals surface area contributed by atoms with E-state index in [1.165, 1.54) is 0 Å². The Morgan fingerprint density at radius 1 is 0.875 bits per heavy atom. The maximum absolute atomic E-state index is 8.85. The Labute approximate surface area is 141 Å². The summed E-state index contributed by atoms with van der Waals surface area (Å²) < 4.78 is 5.58. The van der Waals surface area contributed by atoms with E-state index in [0.29, 0.717) is 11.4 Å². The van der Waals surface area contributed by atoms with Gasteiger partial charge in [0.2, 0.25) is 0 Å². The van der Waals surface area contributed by atoms with Crippen LogP contribution >= 0.6 is 0 Å². The van der Waals surface area contributed by atoms with Gasteiger partial charge < -0.3 is 4.74 Å². The molecule has 3 rings (SSSR count). The molecule has 1 aromatic heterocycles. The van der Waals surface area contributed by atoms with Crippen molar-refractivity contribution in [3.05, 3.63) is 66.5 Å². The van der Waals surface area contributed by atoms with Gasteiger partial charge in [-0.1, -0.05) is 19.1 Å². The Morgan fingerprint density at radius 2 is 1.50 bits per heavy atom. The number of hydrogen-bond acceptors (Lipinski definition) is 4. The summed E-state index contributed by atoms with van der Waals surface area (Å²) >= 11 is 0. The first kappa shape index (κ1) is 15.7. The van der Waals surface area contributed by atoms with Gasteiger partial charge in [0, 0.05) is 23.5 Å². The molecule has 0 radical (unpaired) electrons. The topological polar surface area (TPSA) is 58.8 Å². The van der Waals surface area contributed by atoms with Crippen LogP contribution in [0.15, 0.2) is 60.9 Å². The second kappa shape index (κ2) is 7.38. The minimum absolute atomic E-state index is 0.640. The van der Waals surface area contributed by atoms with Crippen LogP contribution in [0.1, 0.15) is 18.9 Å². The monoisotopic (exact) mass is 315 g/mol.